The molecule has 0 aliphatic rings. The highest BCUT2D eigenvalue weighted by atomic mass is 16.5. The van der Waals surface area contributed by atoms with Gasteiger partial charge in [-0.2, -0.15) is 4.98 Å². The number of nitrogens with two attached hydrogens (primary N) is 1. The summed E-state index contributed by atoms with van der Waals surface area (Å²) in [7, 11) is 1.61. The maximum Gasteiger partial charge on any atom is 0.257 e. The van der Waals surface area contributed by atoms with Crippen LogP contribution in [0.15, 0.2) is 47.0 Å². The Morgan fingerprint density at radius 3 is 2.64 bits per heavy atom. The van der Waals surface area contributed by atoms with Crippen LogP contribution < -0.4 is 15.8 Å². The van der Waals surface area contributed by atoms with E-state index < -0.39 is 5.91 Å². The maximum atomic E-state index is 11.3. The van der Waals surface area contributed by atoms with Crippen molar-refractivity contribution in [1.29, 1.82) is 0 Å². The van der Waals surface area contributed by atoms with Gasteiger partial charge in [0.25, 0.3) is 5.89 Å². The van der Waals surface area contributed by atoms with Crippen LogP contribution in [0.25, 0.3) is 11.5 Å². The lowest BCUT2D eigenvalue weighted by Gasteiger charge is -2.07. The van der Waals surface area contributed by atoms with E-state index in [9.17, 15) is 4.79 Å². The summed E-state index contributed by atoms with van der Waals surface area (Å²) in [6.07, 6.45) is 0. The number of aromatic nitrogens is 2. The molecule has 0 radical (unpaired) electrons. The van der Waals surface area contributed by atoms with Crippen LogP contribution in [0.2, 0.25) is 0 Å². The number of nitrogens with zero attached hydrogens (tertiary/aromatic N) is 2. The van der Waals surface area contributed by atoms with Crippen molar-refractivity contribution in [2.45, 2.75) is 13.5 Å². The van der Waals surface area contributed by atoms with E-state index in [1.807, 2.05) is 37.3 Å². The Morgan fingerprint density at radius 1 is 1.24 bits per heavy atom. The zero-order valence-electron chi connectivity index (χ0n) is 13.9. The molecule has 1 amide bonds. The average Bonchev–Trinajstić information content (AvgIpc) is 3.09. The molecule has 7 heteroatoms. The Hall–Kier alpha value is -3.35. The number of rotatable bonds is 6. The lowest BCUT2D eigenvalue weighted by Crippen LogP contribution is -2.12. The molecule has 128 valence electrons. The smallest absolute Gasteiger partial charge is 0.257 e. The van der Waals surface area contributed by atoms with Crippen molar-refractivity contribution in [2.75, 3.05) is 12.4 Å². The lowest BCUT2D eigenvalue weighted by atomic mass is 10.1. The molecule has 7 nitrogen and oxygen atoms in total. The minimum atomic E-state index is -0.439. The second-order valence-electron chi connectivity index (χ2n) is 5.49. The highest BCUT2D eigenvalue weighted by molar-refractivity contribution is 5.94. The van der Waals surface area contributed by atoms with Crippen molar-refractivity contribution >= 4 is 11.6 Å². The first-order valence-electron chi connectivity index (χ1n) is 7.68. The van der Waals surface area contributed by atoms with Gasteiger partial charge < -0.3 is 20.3 Å². The van der Waals surface area contributed by atoms with Crippen LogP contribution in [0.1, 0.15) is 21.7 Å². The number of hydrogen-bond acceptors (Lipinski definition) is 6. The van der Waals surface area contributed by atoms with Gasteiger partial charge in [0.15, 0.2) is 5.82 Å². The number of ether oxygens (including phenoxy) is 1. The summed E-state index contributed by atoms with van der Waals surface area (Å²) in [5, 5.41) is 7.16. The second-order valence-corrected chi connectivity index (χ2v) is 5.49. The lowest BCUT2D eigenvalue weighted by molar-refractivity contribution is 0.0999. The van der Waals surface area contributed by atoms with Gasteiger partial charge in [-0.15, -0.1) is 0 Å². The van der Waals surface area contributed by atoms with Crippen LogP contribution in [0.5, 0.6) is 5.75 Å². The first kappa shape index (κ1) is 16.5. The van der Waals surface area contributed by atoms with Gasteiger partial charge in [0.2, 0.25) is 5.91 Å². The average molecular weight is 338 g/mol. The van der Waals surface area contributed by atoms with Crippen LogP contribution in [0.3, 0.4) is 0 Å². The first-order valence-corrected chi connectivity index (χ1v) is 7.68. The molecule has 0 saturated carbocycles. The van der Waals surface area contributed by atoms with Gasteiger partial charge >= 0.3 is 0 Å². The quantitative estimate of drug-likeness (QED) is 0.716. The van der Waals surface area contributed by atoms with E-state index in [4.69, 9.17) is 15.0 Å². The topological polar surface area (TPSA) is 103 Å². The van der Waals surface area contributed by atoms with E-state index >= 15 is 0 Å². The van der Waals surface area contributed by atoms with E-state index in [0.29, 0.717) is 23.8 Å². The van der Waals surface area contributed by atoms with Crippen LogP contribution in [0.4, 0.5) is 5.69 Å². The zero-order chi connectivity index (χ0) is 17.8. The fourth-order valence-corrected chi connectivity index (χ4v) is 2.41. The van der Waals surface area contributed by atoms with Gasteiger partial charge in [0, 0.05) is 16.8 Å². The fourth-order valence-electron chi connectivity index (χ4n) is 2.41. The highest BCUT2D eigenvalue weighted by Gasteiger charge is 2.10. The third-order valence-corrected chi connectivity index (χ3v) is 3.75. The molecule has 0 aliphatic carbocycles. The number of anilines is 1. The summed E-state index contributed by atoms with van der Waals surface area (Å²) in [6, 6.07) is 12.7. The number of methoxy groups -OCH3 is 1. The summed E-state index contributed by atoms with van der Waals surface area (Å²) in [5.74, 6) is 1.30. The largest absolute Gasteiger partial charge is 0.497 e. The van der Waals surface area contributed by atoms with Crippen molar-refractivity contribution in [2.24, 2.45) is 5.73 Å². The normalized spacial score (nSPS) is 10.5. The molecule has 3 rings (SSSR count). The summed E-state index contributed by atoms with van der Waals surface area (Å²) in [6.45, 7) is 2.23. The van der Waals surface area contributed by atoms with Gasteiger partial charge in [-0.3, -0.25) is 4.79 Å². The molecule has 0 aliphatic heterocycles. The molecule has 0 atom stereocenters. The van der Waals surface area contributed by atoms with Gasteiger partial charge in [-0.05, 0) is 55.0 Å². The molecule has 2 aromatic carbocycles. The number of benzene rings is 2. The van der Waals surface area contributed by atoms with Crippen LogP contribution in [0, 0.1) is 6.92 Å². The van der Waals surface area contributed by atoms with Crippen molar-refractivity contribution in [1.82, 2.24) is 10.1 Å². The molecule has 0 spiro atoms. The van der Waals surface area contributed by atoms with Gasteiger partial charge in [0.05, 0.1) is 13.7 Å². The van der Waals surface area contributed by atoms with Crippen LogP contribution in [-0.2, 0) is 6.54 Å². The molecule has 3 aromatic rings. The van der Waals surface area contributed by atoms with E-state index in [1.54, 1.807) is 19.2 Å². The molecular formula is C18H18N4O3. The number of aryl methyl sites for hydroxylation is 1. The van der Waals surface area contributed by atoms with E-state index in [0.717, 1.165) is 22.6 Å². The predicted molar refractivity (Wildman–Crippen MR) is 93.3 cm³/mol. The Balaban J connectivity index is 1.67. The van der Waals surface area contributed by atoms with Crippen molar-refractivity contribution in [3.63, 3.8) is 0 Å². The van der Waals surface area contributed by atoms with E-state index in [1.165, 1.54) is 0 Å². The van der Waals surface area contributed by atoms with Gasteiger partial charge in [-0.25, -0.2) is 0 Å². The van der Waals surface area contributed by atoms with Crippen LogP contribution >= 0.6 is 0 Å². The zero-order valence-corrected chi connectivity index (χ0v) is 13.9. The van der Waals surface area contributed by atoms with E-state index in [-0.39, 0.29) is 0 Å². The Bertz CT molecular complexity index is 888. The molecule has 1 heterocycles. The number of nitrogens with one attached hydrogen (secondary N) is 1. The molecule has 0 unspecified atom stereocenters. The number of carbonyl (C=O) groups excluding carboxylic acids is 1. The molecular weight excluding hydrogens is 320 g/mol. The highest BCUT2D eigenvalue weighted by Crippen LogP contribution is 2.21. The summed E-state index contributed by atoms with van der Waals surface area (Å²) in [5.41, 5.74) is 8.29. The standard InChI is InChI=1S/C18H18N4O3/c1-11-9-13(5-8-15(11)17(19)23)20-10-16-21-18(25-22-16)12-3-6-14(24-2)7-4-12/h3-9,20H,10H2,1-2H3,(H2,19,23). The molecule has 3 N–H and O–H groups in total. The monoisotopic (exact) mass is 338 g/mol. The summed E-state index contributed by atoms with van der Waals surface area (Å²) < 4.78 is 10.4. The SMILES string of the molecule is COc1ccc(-c2nc(CNc3ccc(C(N)=O)c(C)c3)no2)cc1. The van der Waals surface area contributed by atoms with Crippen molar-refractivity contribution < 1.29 is 14.1 Å². The third-order valence-electron chi connectivity index (χ3n) is 3.75. The molecule has 0 fully saturated rings. The summed E-state index contributed by atoms with van der Waals surface area (Å²) >= 11 is 0. The molecule has 25 heavy (non-hydrogen) atoms. The number of hydrogen-bond donors (Lipinski definition) is 2. The second kappa shape index (κ2) is 7.04. The fraction of sp³-hybridized carbons (Fsp3) is 0.167. The maximum absolute atomic E-state index is 11.3. The number of carbonyl (C=O) groups is 1. The Kier molecular flexibility index (Phi) is 4.65. The molecule has 0 bridgehead atoms. The van der Waals surface area contributed by atoms with Crippen molar-refractivity contribution in [3.8, 4) is 17.2 Å². The molecule has 1 aromatic heterocycles. The predicted octanol–water partition coefficient (Wildman–Crippen LogP) is 2.76. The Morgan fingerprint density at radius 2 is 2.00 bits per heavy atom. The minimum Gasteiger partial charge on any atom is -0.497 e. The van der Waals surface area contributed by atoms with E-state index in [2.05, 4.69) is 15.5 Å². The van der Waals surface area contributed by atoms with Gasteiger partial charge in [0.1, 0.15) is 5.75 Å². The van der Waals surface area contributed by atoms with Crippen LogP contribution in [-0.4, -0.2) is 23.2 Å². The molecule has 0 saturated heterocycles. The first-order chi connectivity index (χ1) is 12.1. The summed E-state index contributed by atoms with van der Waals surface area (Å²) in [4.78, 5) is 15.6. The minimum absolute atomic E-state index is 0.398. The Labute approximate surface area is 144 Å². The third kappa shape index (κ3) is 3.77. The number of amides is 1. The van der Waals surface area contributed by atoms with Gasteiger partial charge in [-0.1, -0.05) is 5.16 Å². The van der Waals surface area contributed by atoms with Crippen molar-refractivity contribution in [3.05, 3.63) is 59.4 Å². The number of primary amides is 1.